The number of aromatic nitrogens is 1. The van der Waals surface area contributed by atoms with E-state index in [-0.39, 0.29) is 18.3 Å². The summed E-state index contributed by atoms with van der Waals surface area (Å²) in [5.41, 5.74) is 7.63. The average molecular weight is 328 g/mol. The number of rotatable bonds is 6. The number of nitrogens with two attached hydrogens (primary N) is 1. The van der Waals surface area contributed by atoms with Crippen molar-refractivity contribution in [2.75, 3.05) is 11.9 Å². The summed E-state index contributed by atoms with van der Waals surface area (Å²) in [6.07, 6.45) is 0. The van der Waals surface area contributed by atoms with Crippen molar-refractivity contribution in [3.05, 3.63) is 45.9 Å². The standard InChI is InChI=1S/C14H17N3O2S.ClH/c1-2-19-8-10-4-3-5-11(6-10)16-14(18)12-9-20-13(7-15)17-12;/h3-6,9H,2,7-8,15H2,1H3,(H,16,18);1H. The summed E-state index contributed by atoms with van der Waals surface area (Å²) in [4.78, 5) is 16.2. The van der Waals surface area contributed by atoms with E-state index in [2.05, 4.69) is 10.3 Å². The zero-order chi connectivity index (χ0) is 14.4. The number of nitrogens with zero attached hydrogens (tertiary/aromatic N) is 1. The third kappa shape index (κ3) is 5.09. The number of nitrogens with one attached hydrogen (secondary N) is 1. The molecule has 0 spiro atoms. The third-order valence-electron chi connectivity index (χ3n) is 2.62. The predicted molar refractivity (Wildman–Crippen MR) is 87.0 cm³/mol. The van der Waals surface area contributed by atoms with E-state index in [1.807, 2.05) is 31.2 Å². The normalized spacial score (nSPS) is 10.0. The van der Waals surface area contributed by atoms with E-state index in [1.54, 1.807) is 5.38 Å². The molecule has 0 unspecified atom stereocenters. The molecule has 0 saturated heterocycles. The number of halogens is 1. The minimum absolute atomic E-state index is 0. The Morgan fingerprint density at radius 1 is 1.48 bits per heavy atom. The van der Waals surface area contributed by atoms with Gasteiger partial charge in [0, 0.05) is 24.2 Å². The molecule has 0 aliphatic heterocycles. The van der Waals surface area contributed by atoms with Crippen LogP contribution >= 0.6 is 23.7 Å². The number of anilines is 1. The van der Waals surface area contributed by atoms with Crippen molar-refractivity contribution in [1.29, 1.82) is 0 Å². The molecule has 7 heteroatoms. The Balaban J connectivity index is 0.00000220. The van der Waals surface area contributed by atoms with Gasteiger partial charge in [-0.15, -0.1) is 23.7 Å². The summed E-state index contributed by atoms with van der Waals surface area (Å²) >= 11 is 1.39. The second-order valence-electron chi connectivity index (χ2n) is 4.12. The van der Waals surface area contributed by atoms with Gasteiger partial charge in [-0.2, -0.15) is 0 Å². The minimum Gasteiger partial charge on any atom is -0.377 e. The molecule has 0 fully saturated rings. The van der Waals surface area contributed by atoms with Gasteiger partial charge in [0.1, 0.15) is 10.7 Å². The van der Waals surface area contributed by atoms with Crippen LogP contribution < -0.4 is 11.1 Å². The number of benzene rings is 1. The van der Waals surface area contributed by atoms with Crippen LogP contribution in [-0.4, -0.2) is 17.5 Å². The van der Waals surface area contributed by atoms with Crippen molar-refractivity contribution < 1.29 is 9.53 Å². The lowest BCUT2D eigenvalue weighted by Gasteiger charge is -2.06. The fraction of sp³-hybridized carbons (Fsp3) is 0.286. The van der Waals surface area contributed by atoms with Crippen LogP contribution in [0.2, 0.25) is 0 Å². The summed E-state index contributed by atoms with van der Waals surface area (Å²) in [6.45, 7) is 3.50. The van der Waals surface area contributed by atoms with Gasteiger partial charge in [-0.1, -0.05) is 12.1 Å². The van der Waals surface area contributed by atoms with Gasteiger partial charge >= 0.3 is 0 Å². The molecule has 114 valence electrons. The van der Waals surface area contributed by atoms with E-state index < -0.39 is 0 Å². The van der Waals surface area contributed by atoms with Gasteiger partial charge in [0.2, 0.25) is 0 Å². The molecule has 3 N–H and O–H groups in total. The Morgan fingerprint density at radius 3 is 2.95 bits per heavy atom. The molecule has 2 rings (SSSR count). The van der Waals surface area contributed by atoms with E-state index in [4.69, 9.17) is 10.5 Å². The van der Waals surface area contributed by atoms with Crippen LogP contribution in [0.5, 0.6) is 0 Å². The topological polar surface area (TPSA) is 77.2 Å². The number of hydrogen-bond donors (Lipinski definition) is 2. The van der Waals surface area contributed by atoms with E-state index in [0.717, 1.165) is 16.3 Å². The third-order valence-corrected chi connectivity index (χ3v) is 3.49. The number of carbonyl (C=O) groups is 1. The molecule has 0 saturated carbocycles. The lowest BCUT2D eigenvalue weighted by Crippen LogP contribution is -2.13. The highest BCUT2D eigenvalue weighted by atomic mass is 35.5. The van der Waals surface area contributed by atoms with Gasteiger partial charge in [-0.25, -0.2) is 4.98 Å². The highest BCUT2D eigenvalue weighted by Crippen LogP contribution is 2.14. The molecule has 1 aromatic carbocycles. The first kappa shape index (κ1) is 17.6. The van der Waals surface area contributed by atoms with Crippen LogP contribution in [0.15, 0.2) is 29.6 Å². The fourth-order valence-corrected chi connectivity index (χ4v) is 2.32. The average Bonchev–Trinajstić information content (AvgIpc) is 2.94. The Hall–Kier alpha value is -1.47. The molecule has 1 amide bonds. The first-order chi connectivity index (χ1) is 9.72. The molecule has 5 nitrogen and oxygen atoms in total. The van der Waals surface area contributed by atoms with Crippen LogP contribution in [0.1, 0.15) is 28.0 Å². The maximum Gasteiger partial charge on any atom is 0.275 e. The van der Waals surface area contributed by atoms with Crippen molar-refractivity contribution in [2.24, 2.45) is 5.73 Å². The number of hydrogen-bond acceptors (Lipinski definition) is 5. The molecule has 0 aliphatic rings. The Morgan fingerprint density at radius 2 is 2.29 bits per heavy atom. The van der Waals surface area contributed by atoms with Gasteiger partial charge < -0.3 is 15.8 Å². The second kappa shape index (κ2) is 8.74. The molecule has 0 atom stereocenters. The lowest BCUT2D eigenvalue weighted by atomic mass is 10.2. The SMILES string of the molecule is CCOCc1cccc(NC(=O)c2csc(CN)n2)c1.Cl. The maximum atomic E-state index is 12.0. The van der Waals surface area contributed by atoms with Gasteiger partial charge in [0.15, 0.2) is 0 Å². The first-order valence-electron chi connectivity index (χ1n) is 6.35. The van der Waals surface area contributed by atoms with Crippen molar-refractivity contribution in [2.45, 2.75) is 20.1 Å². The Bertz CT molecular complexity index is 589. The lowest BCUT2D eigenvalue weighted by molar-refractivity contribution is 0.102. The molecular weight excluding hydrogens is 310 g/mol. The molecule has 0 radical (unpaired) electrons. The zero-order valence-corrected chi connectivity index (χ0v) is 13.3. The monoisotopic (exact) mass is 327 g/mol. The van der Waals surface area contributed by atoms with E-state index in [9.17, 15) is 4.79 Å². The van der Waals surface area contributed by atoms with Gasteiger partial charge in [-0.05, 0) is 24.6 Å². The zero-order valence-electron chi connectivity index (χ0n) is 11.7. The summed E-state index contributed by atoms with van der Waals surface area (Å²) in [7, 11) is 0. The number of amides is 1. The smallest absolute Gasteiger partial charge is 0.275 e. The predicted octanol–water partition coefficient (Wildman–Crippen LogP) is 2.81. The second-order valence-corrected chi connectivity index (χ2v) is 5.06. The first-order valence-corrected chi connectivity index (χ1v) is 7.23. The largest absolute Gasteiger partial charge is 0.377 e. The van der Waals surface area contributed by atoms with Crippen molar-refractivity contribution in [3.63, 3.8) is 0 Å². The van der Waals surface area contributed by atoms with Crippen LogP contribution in [0.3, 0.4) is 0 Å². The van der Waals surface area contributed by atoms with E-state index in [0.29, 0.717) is 25.5 Å². The van der Waals surface area contributed by atoms with Crippen molar-refractivity contribution in [1.82, 2.24) is 4.98 Å². The quantitative estimate of drug-likeness (QED) is 0.855. The summed E-state index contributed by atoms with van der Waals surface area (Å²) < 4.78 is 5.34. The summed E-state index contributed by atoms with van der Waals surface area (Å²) in [6, 6.07) is 7.57. The van der Waals surface area contributed by atoms with Gasteiger partial charge in [0.05, 0.1) is 6.61 Å². The van der Waals surface area contributed by atoms with Crippen molar-refractivity contribution >= 4 is 35.3 Å². The summed E-state index contributed by atoms with van der Waals surface area (Å²) in [5.74, 6) is -0.227. The summed E-state index contributed by atoms with van der Waals surface area (Å²) in [5, 5.41) is 5.28. The highest BCUT2D eigenvalue weighted by molar-refractivity contribution is 7.09. The van der Waals surface area contributed by atoms with Crippen LogP contribution in [0.4, 0.5) is 5.69 Å². The Labute approximate surface area is 133 Å². The number of ether oxygens (including phenoxy) is 1. The molecular formula is C14H18ClN3O2S. The van der Waals surface area contributed by atoms with Gasteiger partial charge in [0.25, 0.3) is 5.91 Å². The number of thiazole rings is 1. The van der Waals surface area contributed by atoms with Crippen LogP contribution in [-0.2, 0) is 17.9 Å². The van der Waals surface area contributed by atoms with Crippen molar-refractivity contribution in [3.8, 4) is 0 Å². The van der Waals surface area contributed by atoms with E-state index >= 15 is 0 Å². The van der Waals surface area contributed by atoms with Crippen LogP contribution in [0.25, 0.3) is 0 Å². The number of carbonyl (C=O) groups excluding carboxylic acids is 1. The molecule has 0 bridgehead atoms. The molecule has 21 heavy (non-hydrogen) atoms. The molecule has 2 aromatic rings. The maximum absolute atomic E-state index is 12.0. The highest BCUT2D eigenvalue weighted by Gasteiger charge is 2.10. The molecule has 1 aromatic heterocycles. The molecule has 1 heterocycles. The Kier molecular flexibility index (Phi) is 7.31. The van der Waals surface area contributed by atoms with E-state index in [1.165, 1.54) is 11.3 Å². The van der Waals surface area contributed by atoms with Crippen LogP contribution in [0, 0.1) is 0 Å². The minimum atomic E-state index is -0.227. The fourth-order valence-electron chi connectivity index (χ4n) is 1.66. The molecule has 0 aliphatic carbocycles. The van der Waals surface area contributed by atoms with Gasteiger partial charge in [-0.3, -0.25) is 4.79 Å².